The Bertz CT molecular complexity index is 1060. The van der Waals surface area contributed by atoms with Gasteiger partial charge in [-0.05, 0) is 43.2 Å². The van der Waals surface area contributed by atoms with Crippen molar-refractivity contribution in [3.63, 3.8) is 0 Å². The third-order valence-electron chi connectivity index (χ3n) is 5.07. The standard InChI is InChI=1S/C19H18N6O/c26-19(12-7-8-16-17(10-12)23-24-22-16)25-9-3-4-13(11-25)18-20-14-5-1-2-6-15(14)21-18/h1-2,5-8,10,13H,3-4,9,11H2,(H,20,21)(H,22,23,24). The number of aromatic amines is 2. The van der Waals surface area contributed by atoms with Crippen molar-refractivity contribution in [3.8, 4) is 0 Å². The number of carbonyl (C=O) groups excluding carboxylic acids is 1. The number of carbonyl (C=O) groups is 1. The molecule has 1 aliphatic rings. The molecule has 1 atom stereocenters. The highest BCUT2D eigenvalue weighted by Gasteiger charge is 2.27. The molecule has 4 aromatic rings. The summed E-state index contributed by atoms with van der Waals surface area (Å²) >= 11 is 0. The minimum Gasteiger partial charge on any atom is -0.342 e. The number of fused-ring (bicyclic) bond motifs is 2. The summed E-state index contributed by atoms with van der Waals surface area (Å²) < 4.78 is 0. The lowest BCUT2D eigenvalue weighted by atomic mass is 9.96. The zero-order valence-corrected chi connectivity index (χ0v) is 14.1. The lowest BCUT2D eigenvalue weighted by molar-refractivity contribution is 0.0705. The van der Waals surface area contributed by atoms with Crippen molar-refractivity contribution in [2.75, 3.05) is 13.1 Å². The molecule has 2 aromatic heterocycles. The van der Waals surface area contributed by atoms with Crippen LogP contribution in [0.15, 0.2) is 42.5 Å². The molecule has 26 heavy (non-hydrogen) atoms. The highest BCUT2D eigenvalue weighted by Crippen LogP contribution is 2.27. The van der Waals surface area contributed by atoms with E-state index in [2.05, 4.69) is 20.4 Å². The fraction of sp³-hybridized carbons (Fsp3) is 0.263. The van der Waals surface area contributed by atoms with E-state index in [1.165, 1.54) is 0 Å². The summed E-state index contributed by atoms with van der Waals surface area (Å²) in [5.74, 6) is 1.24. The molecule has 1 amide bonds. The van der Waals surface area contributed by atoms with Crippen LogP contribution in [0.1, 0.15) is 34.9 Å². The first-order valence-corrected chi connectivity index (χ1v) is 8.82. The van der Waals surface area contributed by atoms with Gasteiger partial charge in [-0.1, -0.05) is 12.1 Å². The molecular formula is C19H18N6O. The molecule has 0 bridgehead atoms. The number of imidazole rings is 1. The van der Waals surface area contributed by atoms with Crippen LogP contribution in [0.3, 0.4) is 0 Å². The number of nitrogens with one attached hydrogen (secondary N) is 2. The van der Waals surface area contributed by atoms with E-state index in [1.54, 1.807) is 6.07 Å². The number of piperidine rings is 1. The van der Waals surface area contributed by atoms with Gasteiger partial charge >= 0.3 is 0 Å². The Morgan fingerprint density at radius 1 is 1.08 bits per heavy atom. The van der Waals surface area contributed by atoms with Crippen LogP contribution in [-0.2, 0) is 0 Å². The van der Waals surface area contributed by atoms with Crippen LogP contribution in [-0.4, -0.2) is 49.3 Å². The maximum Gasteiger partial charge on any atom is 0.253 e. The van der Waals surface area contributed by atoms with Gasteiger partial charge in [-0.25, -0.2) is 4.98 Å². The highest BCUT2D eigenvalue weighted by atomic mass is 16.2. The monoisotopic (exact) mass is 346 g/mol. The number of amides is 1. The van der Waals surface area contributed by atoms with Crippen LogP contribution >= 0.6 is 0 Å². The minimum atomic E-state index is 0.0377. The third-order valence-corrected chi connectivity index (χ3v) is 5.07. The maximum atomic E-state index is 13.0. The number of aromatic nitrogens is 5. The molecule has 7 nitrogen and oxygen atoms in total. The van der Waals surface area contributed by atoms with Crippen LogP contribution in [0.25, 0.3) is 22.1 Å². The second-order valence-electron chi connectivity index (χ2n) is 6.76. The van der Waals surface area contributed by atoms with E-state index >= 15 is 0 Å². The maximum absolute atomic E-state index is 13.0. The molecule has 2 aromatic carbocycles. The number of benzene rings is 2. The predicted molar refractivity (Wildman–Crippen MR) is 97.9 cm³/mol. The molecule has 0 aliphatic carbocycles. The van der Waals surface area contributed by atoms with Gasteiger partial charge in [0.15, 0.2) is 0 Å². The van der Waals surface area contributed by atoms with Crippen LogP contribution in [0.4, 0.5) is 0 Å². The molecule has 7 heteroatoms. The molecule has 0 spiro atoms. The normalized spacial score (nSPS) is 17.8. The second-order valence-corrected chi connectivity index (χ2v) is 6.76. The van der Waals surface area contributed by atoms with Gasteiger partial charge in [0.25, 0.3) is 5.91 Å². The van der Waals surface area contributed by atoms with Gasteiger partial charge < -0.3 is 9.88 Å². The first-order chi connectivity index (χ1) is 12.8. The number of likely N-dealkylation sites (tertiary alicyclic amines) is 1. The van der Waals surface area contributed by atoms with Crippen molar-refractivity contribution in [3.05, 3.63) is 53.9 Å². The molecule has 1 fully saturated rings. The van der Waals surface area contributed by atoms with Gasteiger partial charge in [-0.3, -0.25) is 4.79 Å². The Morgan fingerprint density at radius 3 is 2.88 bits per heavy atom. The zero-order valence-electron chi connectivity index (χ0n) is 14.1. The van der Waals surface area contributed by atoms with Gasteiger partial charge in [-0.2, -0.15) is 15.4 Å². The summed E-state index contributed by atoms with van der Waals surface area (Å²) in [4.78, 5) is 23.0. The molecule has 1 unspecified atom stereocenters. The zero-order chi connectivity index (χ0) is 17.5. The summed E-state index contributed by atoms with van der Waals surface area (Å²) in [5.41, 5.74) is 4.14. The number of hydrogen-bond acceptors (Lipinski definition) is 4. The quantitative estimate of drug-likeness (QED) is 0.584. The third kappa shape index (κ3) is 2.52. The molecule has 0 saturated carbocycles. The van der Waals surface area contributed by atoms with E-state index < -0.39 is 0 Å². The summed E-state index contributed by atoms with van der Waals surface area (Å²) in [6.07, 6.45) is 2.01. The van der Waals surface area contributed by atoms with Crippen LogP contribution < -0.4 is 0 Å². The molecule has 1 saturated heterocycles. The van der Waals surface area contributed by atoms with E-state index in [-0.39, 0.29) is 11.8 Å². The van der Waals surface area contributed by atoms with Crippen molar-refractivity contribution in [2.45, 2.75) is 18.8 Å². The Hall–Kier alpha value is -3.22. The van der Waals surface area contributed by atoms with Gasteiger partial charge in [0.05, 0.1) is 11.0 Å². The van der Waals surface area contributed by atoms with E-state index in [0.717, 1.165) is 41.8 Å². The number of rotatable bonds is 2. The topological polar surface area (TPSA) is 90.6 Å². The molecular weight excluding hydrogens is 328 g/mol. The molecule has 3 heterocycles. The molecule has 2 N–H and O–H groups in total. The van der Waals surface area contributed by atoms with E-state index in [1.807, 2.05) is 41.3 Å². The molecule has 130 valence electrons. The Balaban J connectivity index is 1.40. The molecule has 5 rings (SSSR count). The first-order valence-electron chi connectivity index (χ1n) is 8.82. The fourth-order valence-corrected chi connectivity index (χ4v) is 3.71. The van der Waals surface area contributed by atoms with Gasteiger partial charge in [-0.15, -0.1) is 0 Å². The van der Waals surface area contributed by atoms with Gasteiger partial charge in [0.1, 0.15) is 16.9 Å². The van der Waals surface area contributed by atoms with Crippen molar-refractivity contribution in [1.82, 2.24) is 30.3 Å². The van der Waals surface area contributed by atoms with E-state index in [9.17, 15) is 4.79 Å². The van der Waals surface area contributed by atoms with Gasteiger partial charge in [0, 0.05) is 24.6 Å². The largest absolute Gasteiger partial charge is 0.342 e. The van der Waals surface area contributed by atoms with Crippen LogP contribution in [0.2, 0.25) is 0 Å². The van der Waals surface area contributed by atoms with Gasteiger partial charge in [0.2, 0.25) is 0 Å². The molecule has 0 radical (unpaired) electrons. The summed E-state index contributed by atoms with van der Waals surface area (Å²) in [6.45, 7) is 1.45. The van der Waals surface area contributed by atoms with Crippen molar-refractivity contribution in [1.29, 1.82) is 0 Å². The number of nitrogens with zero attached hydrogens (tertiary/aromatic N) is 4. The smallest absolute Gasteiger partial charge is 0.253 e. The highest BCUT2D eigenvalue weighted by molar-refractivity contribution is 5.97. The minimum absolute atomic E-state index is 0.0377. The lowest BCUT2D eigenvalue weighted by Crippen LogP contribution is -2.39. The second kappa shape index (κ2) is 5.94. The average Bonchev–Trinajstić information content (AvgIpc) is 3.33. The van der Waals surface area contributed by atoms with Crippen molar-refractivity contribution < 1.29 is 4.79 Å². The summed E-state index contributed by atoms with van der Waals surface area (Å²) in [7, 11) is 0. The number of H-pyrrole nitrogens is 2. The number of hydrogen-bond donors (Lipinski definition) is 2. The van der Waals surface area contributed by atoms with E-state index in [0.29, 0.717) is 17.6 Å². The average molecular weight is 346 g/mol. The van der Waals surface area contributed by atoms with E-state index in [4.69, 9.17) is 4.98 Å². The summed E-state index contributed by atoms with van der Waals surface area (Å²) in [5, 5.41) is 10.7. The molecule has 1 aliphatic heterocycles. The SMILES string of the molecule is O=C(c1ccc2n[nH]nc2c1)N1CCCC(c2nc3ccccc3[nH]2)C1. The lowest BCUT2D eigenvalue weighted by Gasteiger charge is -2.32. The Labute approximate surface area is 149 Å². The Kier molecular flexibility index (Phi) is 3.44. The fourth-order valence-electron chi connectivity index (χ4n) is 3.71. The Morgan fingerprint density at radius 2 is 1.96 bits per heavy atom. The predicted octanol–water partition coefficient (Wildman–Crippen LogP) is 2.85. The number of para-hydroxylation sites is 2. The van der Waals surface area contributed by atoms with Crippen LogP contribution in [0, 0.1) is 0 Å². The van der Waals surface area contributed by atoms with Crippen LogP contribution in [0.5, 0.6) is 0 Å². The summed E-state index contributed by atoms with van der Waals surface area (Å²) in [6, 6.07) is 13.5. The van der Waals surface area contributed by atoms with Crippen molar-refractivity contribution in [2.24, 2.45) is 0 Å². The van der Waals surface area contributed by atoms with Crippen molar-refractivity contribution >= 4 is 28.0 Å². The first kappa shape index (κ1) is 15.1.